The first-order chi connectivity index (χ1) is 8.74. The summed E-state index contributed by atoms with van der Waals surface area (Å²) in [5.74, 6) is -1.26. The van der Waals surface area contributed by atoms with Gasteiger partial charge in [-0.3, -0.25) is 4.79 Å². The summed E-state index contributed by atoms with van der Waals surface area (Å²) in [5.41, 5.74) is 6.09. The number of nitrogens with one attached hydrogen (secondary N) is 1. The van der Waals surface area contributed by atoms with Gasteiger partial charge in [-0.25, -0.2) is 13.1 Å². The molecule has 0 saturated carbocycles. The highest BCUT2D eigenvalue weighted by molar-refractivity contribution is 7.89. The van der Waals surface area contributed by atoms with Gasteiger partial charge < -0.3 is 15.7 Å². The molecular weight excluding hydrogens is 270 g/mol. The molecule has 106 valence electrons. The minimum Gasteiger partial charge on any atom is -0.480 e. The molecule has 0 spiro atoms. The van der Waals surface area contributed by atoms with Crippen molar-refractivity contribution in [1.29, 1.82) is 0 Å². The third kappa shape index (κ3) is 4.19. The number of rotatable bonds is 6. The number of aliphatic carboxylic acids is 1. The number of nitrogens with zero attached hydrogens (tertiary/aromatic N) is 1. The van der Waals surface area contributed by atoms with E-state index in [1.54, 1.807) is 12.1 Å². The smallest absolute Gasteiger partial charge is 0.321 e. The van der Waals surface area contributed by atoms with Crippen molar-refractivity contribution in [3.05, 3.63) is 24.3 Å². The van der Waals surface area contributed by atoms with Crippen molar-refractivity contribution in [3.8, 4) is 0 Å². The Morgan fingerprint density at radius 2 is 1.89 bits per heavy atom. The molecule has 4 N–H and O–H groups in total. The second-order valence-corrected chi connectivity index (χ2v) is 5.95. The highest BCUT2D eigenvalue weighted by Crippen LogP contribution is 2.15. The van der Waals surface area contributed by atoms with Crippen LogP contribution in [0, 0.1) is 0 Å². The summed E-state index contributed by atoms with van der Waals surface area (Å²) in [6.45, 7) is -0.354. The van der Waals surface area contributed by atoms with Crippen molar-refractivity contribution in [1.82, 2.24) is 4.72 Å². The Morgan fingerprint density at radius 3 is 2.32 bits per heavy atom. The lowest BCUT2D eigenvalue weighted by Crippen LogP contribution is -2.42. The number of sulfonamides is 1. The molecule has 8 heteroatoms. The lowest BCUT2D eigenvalue weighted by atomic mass is 10.3. The molecular formula is C11H17N3O4S. The molecule has 0 amide bonds. The van der Waals surface area contributed by atoms with Crippen LogP contribution < -0.4 is 15.4 Å². The number of hydrogen-bond donors (Lipinski definition) is 3. The number of carbonyl (C=O) groups is 1. The zero-order valence-corrected chi connectivity index (χ0v) is 11.5. The lowest BCUT2D eigenvalue weighted by Gasteiger charge is -2.13. The first-order valence-corrected chi connectivity index (χ1v) is 6.98. The van der Waals surface area contributed by atoms with E-state index in [2.05, 4.69) is 4.72 Å². The van der Waals surface area contributed by atoms with Crippen LogP contribution in [-0.2, 0) is 14.8 Å². The Kier molecular flexibility index (Phi) is 4.87. The van der Waals surface area contributed by atoms with Crippen molar-refractivity contribution < 1.29 is 18.3 Å². The molecule has 0 heterocycles. The van der Waals surface area contributed by atoms with Gasteiger partial charge in [-0.05, 0) is 24.3 Å². The van der Waals surface area contributed by atoms with Gasteiger partial charge in [0.2, 0.25) is 10.0 Å². The fourth-order valence-electron chi connectivity index (χ4n) is 1.29. The number of nitrogens with two attached hydrogens (primary N) is 1. The van der Waals surface area contributed by atoms with Crippen LogP contribution in [0.25, 0.3) is 0 Å². The van der Waals surface area contributed by atoms with Crippen LogP contribution in [0.1, 0.15) is 0 Å². The number of carboxylic acid groups (broad SMARTS) is 1. The largest absolute Gasteiger partial charge is 0.480 e. The molecule has 19 heavy (non-hydrogen) atoms. The number of benzene rings is 1. The van der Waals surface area contributed by atoms with Gasteiger partial charge in [-0.1, -0.05) is 0 Å². The van der Waals surface area contributed by atoms with Crippen LogP contribution in [0.5, 0.6) is 0 Å². The molecule has 0 aliphatic heterocycles. The average Bonchev–Trinajstić information content (AvgIpc) is 2.36. The minimum atomic E-state index is -3.74. The van der Waals surface area contributed by atoms with E-state index < -0.39 is 22.0 Å². The fraction of sp³-hybridized carbons (Fsp3) is 0.364. The monoisotopic (exact) mass is 287 g/mol. The molecule has 1 aromatic rings. The summed E-state index contributed by atoms with van der Waals surface area (Å²) < 4.78 is 25.9. The molecule has 0 aromatic heterocycles. The predicted octanol–water partition coefficient (Wildman–Crippen LogP) is -0.557. The molecule has 1 aromatic carbocycles. The Balaban J connectivity index is 2.80. The molecule has 0 bridgehead atoms. The van der Waals surface area contributed by atoms with E-state index in [1.807, 2.05) is 19.0 Å². The summed E-state index contributed by atoms with van der Waals surface area (Å²) in [6.07, 6.45) is 0. The van der Waals surface area contributed by atoms with Crippen LogP contribution in [0.2, 0.25) is 0 Å². The zero-order chi connectivity index (χ0) is 14.6. The van der Waals surface area contributed by atoms with Gasteiger partial charge >= 0.3 is 5.97 Å². The van der Waals surface area contributed by atoms with Crippen molar-refractivity contribution >= 4 is 21.7 Å². The molecule has 7 nitrogen and oxygen atoms in total. The van der Waals surface area contributed by atoms with Crippen molar-refractivity contribution in [3.63, 3.8) is 0 Å². The summed E-state index contributed by atoms with van der Waals surface area (Å²) in [6, 6.07) is 4.95. The molecule has 0 unspecified atom stereocenters. The van der Waals surface area contributed by atoms with Crippen LogP contribution in [0.15, 0.2) is 29.2 Å². The quantitative estimate of drug-likeness (QED) is 0.646. The predicted molar refractivity (Wildman–Crippen MR) is 71.6 cm³/mol. The van der Waals surface area contributed by atoms with E-state index in [1.165, 1.54) is 12.1 Å². The molecule has 1 atom stereocenters. The van der Waals surface area contributed by atoms with Crippen molar-refractivity contribution in [2.45, 2.75) is 10.9 Å². The van der Waals surface area contributed by atoms with Crippen LogP contribution >= 0.6 is 0 Å². The summed E-state index contributed by atoms with van der Waals surface area (Å²) in [5, 5.41) is 8.58. The SMILES string of the molecule is CN(C)c1ccc(S(=O)(=O)NC[C@H](N)C(=O)O)cc1. The minimum absolute atomic E-state index is 0.0655. The summed E-state index contributed by atoms with van der Waals surface area (Å²) in [4.78, 5) is 12.4. The molecule has 0 saturated heterocycles. The van der Waals surface area contributed by atoms with Gasteiger partial charge in [0.05, 0.1) is 4.90 Å². The standard InChI is InChI=1S/C11H17N3O4S/c1-14(2)8-3-5-9(6-4-8)19(17,18)13-7-10(12)11(15)16/h3-6,10,13H,7,12H2,1-2H3,(H,15,16)/t10-/m0/s1. The molecule has 1 rings (SSSR count). The lowest BCUT2D eigenvalue weighted by molar-refractivity contribution is -0.138. The van der Waals surface area contributed by atoms with Gasteiger partial charge in [0.1, 0.15) is 6.04 Å². The normalized spacial score (nSPS) is 13.0. The molecule has 0 fully saturated rings. The average molecular weight is 287 g/mol. The number of hydrogen-bond acceptors (Lipinski definition) is 5. The van der Waals surface area contributed by atoms with E-state index in [4.69, 9.17) is 10.8 Å². The number of anilines is 1. The van der Waals surface area contributed by atoms with Gasteiger partial charge in [0.25, 0.3) is 0 Å². The van der Waals surface area contributed by atoms with Gasteiger partial charge in [-0.2, -0.15) is 0 Å². The van der Waals surface area contributed by atoms with E-state index >= 15 is 0 Å². The first kappa shape index (κ1) is 15.4. The Labute approximate surface area is 112 Å². The highest BCUT2D eigenvalue weighted by atomic mass is 32.2. The van der Waals surface area contributed by atoms with Crippen LogP contribution in [0.3, 0.4) is 0 Å². The first-order valence-electron chi connectivity index (χ1n) is 5.49. The second kappa shape index (κ2) is 6.00. The Hall–Kier alpha value is -1.64. The van der Waals surface area contributed by atoms with Crippen LogP contribution in [0.4, 0.5) is 5.69 Å². The topological polar surface area (TPSA) is 113 Å². The molecule has 0 aliphatic rings. The third-order valence-electron chi connectivity index (χ3n) is 2.47. The van der Waals surface area contributed by atoms with Crippen LogP contribution in [-0.4, -0.2) is 46.2 Å². The Bertz CT molecular complexity index is 540. The summed E-state index contributed by atoms with van der Waals surface area (Å²) in [7, 11) is -0.0614. The van der Waals surface area contributed by atoms with Gasteiger partial charge in [0.15, 0.2) is 0 Å². The molecule has 0 aliphatic carbocycles. The second-order valence-electron chi connectivity index (χ2n) is 4.18. The number of carboxylic acids is 1. The van der Waals surface area contributed by atoms with Crippen molar-refractivity contribution in [2.75, 3.05) is 25.5 Å². The third-order valence-corrected chi connectivity index (χ3v) is 3.91. The van der Waals surface area contributed by atoms with Crippen molar-refractivity contribution in [2.24, 2.45) is 5.73 Å². The van der Waals surface area contributed by atoms with E-state index in [0.717, 1.165) is 5.69 Å². The maximum Gasteiger partial charge on any atom is 0.321 e. The maximum atomic E-state index is 11.9. The Morgan fingerprint density at radius 1 is 1.37 bits per heavy atom. The molecule has 0 radical (unpaired) electrons. The highest BCUT2D eigenvalue weighted by Gasteiger charge is 2.18. The summed E-state index contributed by atoms with van der Waals surface area (Å²) >= 11 is 0. The maximum absolute atomic E-state index is 11.9. The van der Waals surface area contributed by atoms with Gasteiger partial charge in [0, 0.05) is 26.3 Å². The van der Waals surface area contributed by atoms with E-state index in [9.17, 15) is 13.2 Å². The van der Waals surface area contributed by atoms with Gasteiger partial charge in [-0.15, -0.1) is 0 Å². The van der Waals surface area contributed by atoms with E-state index in [-0.39, 0.29) is 11.4 Å². The van der Waals surface area contributed by atoms with E-state index in [0.29, 0.717) is 0 Å². The fourth-order valence-corrected chi connectivity index (χ4v) is 2.35. The zero-order valence-electron chi connectivity index (χ0n) is 10.7.